The number of hydrogen-bond acceptors (Lipinski definition) is 4. The molecule has 6 heteroatoms. The van der Waals surface area contributed by atoms with Gasteiger partial charge in [0.1, 0.15) is 0 Å². The van der Waals surface area contributed by atoms with E-state index in [-0.39, 0.29) is 11.8 Å². The molecular weight excluding hydrogens is 426 g/mol. The van der Waals surface area contributed by atoms with E-state index < -0.39 is 0 Å². The van der Waals surface area contributed by atoms with Gasteiger partial charge in [-0.15, -0.1) is 0 Å². The van der Waals surface area contributed by atoms with E-state index in [0.717, 1.165) is 82.7 Å². The predicted molar refractivity (Wildman–Crippen MR) is 138 cm³/mol. The second-order valence-electron chi connectivity index (χ2n) is 10.5. The van der Waals surface area contributed by atoms with Gasteiger partial charge in [-0.05, 0) is 80.8 Å². The Balaban J connectivity index is 1.82. The Hall–Kier alpha value is -1.92. The maximum absolute atomic E-state index is 13.0. The monoisotopic (exact) mass is 471 g/mol. The van der Waals surface area contributed by atoms with Gasteiger partial charge >= 0.3 is 0 Å². The van der Waals surface area contributed by atoms with Crippen molar-refractivity contribution in [3.63, 3.8) is 0 Å². The van der Waals surface area contributed by atoms with E-state index in [0.29, 0.717) is 23.9 Å². The van der Waals surface area contributed by atoms with E-state index >= 15 is 0 Å². The van der Waals surface area contributed by atoms with Crippen LogP contribution in [0.3, 0.4) is 0 Å². The molecule has 0 aliphatic carbocycles. The lowest BCUT2D eigenvalue weighted by Crippen LogP contribution is -2.34. The molecule has 0 spiro atoms. The third-order valence-electron chi connectivity index (χ3n) is 7.18. The zero-order valence-electron chi connectivity index (χ0n) is 21.6. The van der Waals surface area contributed by atoms with Crippen molar-refractivity contribution in [1.82, 2.24) is 10.2 Å². The van der Waals surface area contributed by atoms with E-state index in [2.05, 4.69) is 24.1 Å². The van der Waals surface area contributed by atoms with Gasteiger partial charge in [0.15, 0.2) is 0 Å². The predicted octanol–water partition coefficient (Wildman–Crippen LogP) is 5.01. The first kappa shape index (κ1) is 26.7. The van der Waals surface area contributed by atoms with Gasteiger partial charge < -0.3 is 15.0 Å². The van der Waals surface area contributed by atoms with E-state index in [9.17, 15) is 9.59 Å². The van der Waals surface area contributed by atoms with Gasteiger partial charge in [0.25, 0.3) is 5.91 Å². The van der Waals surface area contributed by atoms with Gasteiger partial charge in [0.2, 0.25) is 5.91 Å². The van der Waals surface area contributed by atoms with Crippen molar-refractivity contribution in [1.29, 1.82) is 0 Å². The molecule has 190 valence electrons. The number of ether oxygens (including phenoxy) is 1. The number of amides is 2. The van der Waals surface area contributed by atoms with Crippen LogP contribution in [-0.4, -0.2) is 56.1 Å². The summed E-state index contributed by atoms with van der Waals surface area (Å²) in [6, 6.07) is 5.91. The van der Waals surface area contributed by atoms with Crippen molar-refractivity contribution in [2.45, 2.75) is 78.7 Å². The molecule has 1 aromatic carbocycles. The van der Waals surface area contributed by atoms with Gasteiger partial charge in [-0.25, -0.2) is 0 Å². The van der Waals surface area contributed by atoms with Gasteiger partial charge in [-0.1, -0.05) is 33.1 Å². The Labute approximate surface area is 206 Å². The number of fused-ring (bicyclic) bond motifs is 1. The molecule has 0 unspecified atom stereocenters. The normalized spacial score (nSPS) is 19.2. The number of nitrogens with one attached hydrogen (secondary N) is 1. The van der Waals surface area contributed by atoms with Crippen LogP contribution >= 0.6 is 0 Å². The molecule has 2 heterocycles. The Morgan fingerprint density at radius 1 is 1.06 bits per heavy atom. The van der Waals surface area contributed by atoms with Crippen LogP contribution in [0.4, 0.5) is 5.69 Å². The standard InChI is InChI=1S/C28H45N3O3/c1-22(2)11-16-30-14-7-5-4-6-8-15-31(23(3)32)27-10-9-25(19-26(27)21-30)28(33)29-20-24-12-17-34-18-13-24/h9-10,19,22,24H,4-8,11-18,20-21H2,1-3H3,(H,29,33). The summed E-state index contributed by atoms with van der Waals surface area (Å²) in [4.78, 5) is 30.1. The summed E-state index contributed by atoms with van der Waals surface area (Å²) in [6.07, 6.45) is 8.99. The summed E-state index contributed by atoms with van der Waals surface area (Å²) < 4.78 is 5.44. The van der Waals surface area contributed by atoms with Crippen molar-refractivity contribution >= 4 is 17.5 Å². The largest absolute Gasteiger partial charge is 0.381 e. The third-order valence-corrected chi connectivity index (χ3v) is 7.18. The SMILES string of the molecule is CC(=O)N1CCCCCCCN(CCC(C)C)Cc2cc(C(=O)NCC3CCOCC3)ccc21. The molecule has 1 N–H and O–H groups in total. The number of hydrogen-bond donors (Lipinski definition) is 1. The second kappa shape index (κ2) is 13.8. The van der Waals surface area contributed by atoms with Crippen molar-refractivity contribution in [3.8, 4) is 0 Å². The van der Waals surface area contributed by atoms with Crippen LogP contribution in [0.25, 0.3) is 0 Å². The average molecular weight is 472 g/mol. The van der Waals surface area contributed by atoms with E-state index in [1.807, 2.05) is 23.1 Å². The molecule has 2 amide bonds. The Bertz CT molecular complexity index is 789. The molecule has 0 atom stereocenters. The fourth-order valence-corrected chi connectivity index (χ4v) is 4.94. The zero-order valence-corrected chi connectivity index (χ0v) is 21.6. The highest BCUT2D eigenvalue weighted by Gasteiger charge is 2.21. The molecule has 0 bridgehead atoms. The molecule has 2 aliphatic rings. The zero-order chi connectivity index (χ0) is 24.3. The summed E-state index contributed by atoms with van der Waals surface area (Å²) >= 11 is 0. The first-order valence-corrected chi connectivity index (χ1v) is 13.4. The lowest BCUT2D eigenvalue weighted by atomic mass is 10.00. The molecule has 1 aromatic rings. The molecule has 1 fully saturated rings. The van der Waals surface area contributed by atoms with Crippen molar-refractivity contribution in [3.05, 3.63) is 29.3 Å². The van der Waals surface area contributed by atoms with E-state index in [4.69, 9.17) is 4.74 Å². The summed E-state index contributed by atoms with van der Waals surface area (Å²) in [5.74, 6) is 1.19. The summed E-state index contributed by atoms with van der Waals surface area (Å²) in [5.41, 5.74) is 2.73. The van der Waals surface area contributed by atoms with Crippen molar-refractivity contribution in [2.75, 3.05) is 44.3 Å². The first-order chi connectivity index (χ1) is 16.4. The van der Waals surface area contributed by atoms with Gasteiger partial charge in [0.05, 0.1) is 0 Å². The number of carbonyl (C=O) groups is 2. The lowest BCUT2D eigenvalue weighted by Gasteiger charge is -2.29. The summed E-state index contributed by atoms with van der Waals surface area (Å²) in [5, 5.41) is 3.14. The van der Waals surface area contributed by atoms with Crippen LogP contribution in [0.5, 0.6) is 0 Å². The molecule has 2 aliphatic heterocycles. The van der Waals surface area contributed by atoms with Crippen LogP contribution in [0, 0.1) is 11.8 Å². The molecule has 0 aromatic heterocycles. The Morgan fingerprint density at radius 3 is 2.47 bits per heavy atom. The number of carbonyl (C=O) groups excluding carboxylic acids is 2. The lowest BCUT2D eigenvalue weighted by molar-refractivity contribution is -0.116. The first-order valence-electron chi connectivity index (χ1n) is 13.4. The highest BCUT2D eigenvalue weighted by Crippen LogP contribution is 2.26. The smallest absolute Gasteiger partial charge is 0.251 e. The van der Waals surface area contributed by atoms with Gasteiger partial charge in [-0.2, -0.15) is 0 Å². The number of nitrogens with zero attached hydrogens (tertiary/aromatic N) is 2. The molecular formula is C28H45N3O3. The summed E-state index contributed by atoms with van der Waals surface area (Å²) in [6.45, 7) is 12.1. The van der Waals surface area contributed by atoms with Crippen LogP contribution in [-0.2, 0) is 16.1 Å². The highest BCUT2D eigenvalue weighted by atomic mass is 16.5. The van der Waals surface area contributed by atoms with Gasteiger partial charge in [-0.3, -0.25) is 14.5 Å². The minimum absolute atomic E-state index is 0.0245. The fraction of sp³-hybridized carbons (Fsp3) is 0.714. The minimum atomic E-state index is -0.0245. The average Bonchev–Trinajstić information content (AvgIpc) is 2.82. The maximum atomic E-state index is 13.0. The quantitative estimate of drug-likeness (QED) is 0.634. The topological polar surface area (TPSA) is 61.9 Å². The number of benzene rings is 1. The molecule has 0 radical (unpaired) electrons. The molecule has 0 saturated carbocycles. The van der Waals surface area contributed by atoms with Crippen LogP contribution in [0.2, 0.25) is 0 Å². The third kappa shape index (κ3) is 8.38. The van der Waals surface area contributed by atoms with E-state index in [1.165, 1.54) is 19.3 Å². The second-order valence-corrected chi connectivity index (χ2v) is 10.5. The van der Waals surface area contributed by atoms with Crippen LogP contribution in [0.15, 0.2) is 18.2 Å². The Kier molecular flexibility index (Phi) is 10.9. The molecule has 6 nitrogen and oxygen atoms in total. The fourth-order valence-electron chi connectivity index (χ4n) is 4.94. The minimum Gasteiger partial charge on any atom is -0.381 e. The molecule has 34 heavy (non-hydrogen) atoms. The Morgan fingerprint density at radius 2 is 1.76 bits per heavy atom. The van der Waals surface area contributed by atoms with E-state index in [1.54, 1.807) is 6.92 Å². The van der Waals surface area contributed by atoms with Crippen molar-refractivity contribution < 1.29 is 14.3 Å². The number of rotatable bonds is 6. The van der Waals surface area contributed by atoms with Crippen molar-refractivity contribution in [2.24, 2.45) is 11.8 Å². The molecule has 3 rings (SSSR count). The highest BCUT2D eigenvalue weighted by molar-refractivity contribution is 5.97. The number of anilines is 1. The van der Waals surface area contributed by atoms with Crippen LogP contribution in [0.1, 0.15) is 88.1 Å². The van der Waals surface area contributed by atoms with Gasteiger partial charge in [0, 0.05) is 51.0 Å². The van der Waals surface area contributed by atoms with Crippen LogP contribution < -0.4 is 10.2 Å². The molecule has 1 saturated heterocycles. The summed E-state index contributed by atoms with van der Waals surface area (Å²) in [7, 11) is 0. The maximum Gasteiger partial charge on any atom is 0.251 e.